The summed E-state index contributed by atoms with van der Waals surface area (Å²) >= 11 is 0.737. The number of anilines is 1. The van der Waals surface area contributed by atoms with Gasteiger partial charge in [0, 0.05) is 36.4 Å². The third kappa shape index (κ3) is 5.77. The monoisotopic (exact) mass is 565 g/mol. The molecule has 12 heteroatoms. The molecule has 3 aliphatic rings. The van der Waals surface area contributed by atoms with Crippen LogP contribution < -0.4 is 10.6 Å². The first-order valence-corrected chi connectivity index (χ1v) is 14.3. The molecule has 0 bridgehead atoms. The smallest absolute Gasteiger partial charge is 0.388 e. The van der Waals surface area contributed by atoms with E-state index in [-0.39, 0.29) is 39.5 Å². The highest BCUT2D eigenvalue weighted by molar-refractivity contribution is 7.17. The fraction of sp³-hybridized carbons (Fsp3) is 0.630. The second kappa shape index (κ2) is 10.0. The maximum absolute atomic E-state index is 14.4. The Kier molecular flexibility index (Phi) is 7.15. The molecule has 2 aliphatic carbocycles. The van der Waals surface area contributed by atoms with Gasteiger partial charge in [0.2, 0.25) is 0 Å². The molecule has 2 aromatic heterocycles. The number of nitrogens with one attached hydrogen (secondary N) is 2. The number of carbonyl (C=O) groups excluding carboxylic acids is 2. The normalized spacial score (nSPS) is 21.0. The van der Waals surface area contributed by atoms with E-state index in [1.807, 2.05) is 20.8 Å². The number of nitrogens with zero attached hydrogens (tertiary/aromatic N) is 3. The van der Waals surface area contributed by atoms with Crippen molar-refractivity contribution in [1.82, 2.24) is 20.2 Å². The molecule has 2 saturated carbocycles. The predicted octanol–water partition coefficient (Wildman–Crippen LogP) is 5.09. The van der Waals surface area contributed by atoms with Crippen LogP contribution in [0.15, 0.2) is 12.3 Å². The van der Waals surface area contributed by atoms with Crippen molar-refractivity contribution in [3.05, 3.63) is 28.5 Å². The lowest BCUT2D eigenvalue weighted by Crippen LogP contribution is -2.47. The van der Waals surface area contributed by atoms with Gasteiger partial charge in [0.05, 0.1) is 16.0 Å². The van der Waals surface area contributed by atoms with Crippen LogP contribution in [-0.2, 0) is 6.18 Å². The van der Waals surface area contributed by atoms with E-state index < -0.39 is 34.7 Å². The second-order valence-electron chi connectivity index (χ2n) is 11.7. The van der Waals surface area contributed by atoms with Gasteiger partial charge in [-0.3, -0.25) is 9.59 Å². The van der Waals surface area contributed by atoms with Gasteiger partial charge in [-0.2, -0.15) is 13.2 Å². The lowest BCUT2D eigenvalue weighted by Gasteiger charge is -2.36. The van der Waals surface area contributed by atoms with Crippen LogP contribution in [0.2, 0.25) is 0 Å². The van der Waals surface area contributed by atoms with Gasteiger partial charge in [0.25, 0.3) is 11.8 Å². The lowest BCUT2D eigenvalue weighted by molar-refractivity contribution is -0.137. The molecule has 2 amide bonds. The van der Waals surface area contributed by atoms with Crippen LogP contribution in [0.4, 0.5) is 19.0 Å². The van der Waals surface area contributed by atoms with Crippen LogP contribution in [0.1, 0.15) is 91.6 Å². The topological polar surface area (TPSA) is 107 Å². The molecule has 1 saturated heterocycles. The number of aromatic nitrogens is 2. The van der Waals surface area contributed by atoms with Crippen LogP contribution in [0.3, 0.4) is 0 Å². The molecule has 8 nitrogen and oxygen atoms in total. The number of hydrogen-bond donors (Lipinski definition) is 3. The van der Waals surface area contributed by atoms with Crippen molar-refractivity contribution in [2.45, 2.75) is 89.1 Å². The van der Waals surface area contributed by atoms with E-state index in [9.17, 15) is 27.9 Å². The summed E-state index contributed by atoms with van der Waals surface area (Å²) in [6, 6.07) is 0.881. The minimum atomic E-state index is -4.74. The van der Waals surface area contributed by atoms with Gasteiger partial charge in [-0.25, -0.2) is 9.97 Å². The average molecular weight is 566 g/mol. The number of amides is 2. The van der Waals surface area contributed by atoms with Crippen LogP contribution in [0.25, 0.3) is 10.4 Å². The first-order valence-electron chi connectivity index (χ1n) is 13.5. The maximum Gasteiger partial charge on any atom is 0.417 e. The zero-order valence-electron chi connectivity index (χ0n) is 22.3. The van der Waals surface area contributed by atoms with E-state index in [0.717, 1.165) is 55.7 Å². The number of carbonyl (C=O) groups is 2. The molecule has 3 heterocycles. The Morgan fingerprint density at radius 2 is 1.92 bits per heavy atom. The van der Waals surface area contributed by atoms with Gasteiger partial charge >= 0.3 is 6.18 Å². The van der Waals surface area contributed by atoms with Crippen molar-refractivity contribution in [3.63, 3.8) is 0 Å². The first-order chi connectivity index (χ1) is 18.3. The number of hydrogen-bond acceptors (Lipinski definition) is 7. The Balaban J connectivity index is 1.53. The van der Waals surface area contributed by atoms with Crippen molar-refractivity contribution in [2.24, 2.45) is 5.92 Å². The standard InChI is InChI=1S/C27H34F3N5O3S/c1-15-6-4-11-35(15)24(37)20-21(39-23(33-20)22(36)32-14-26(38)9-5-10-26)17-13-31-19(12-18(17)27(28,29)30)34-25(2,3)16-7-8-16/h12-13,15-16,38H,4-11,14H2,1-3H3,(H,31,34)(H,32,36)/t15-/m0/s1. The van der Waals surface area contributed by atoms with E-state index in [2.05, 4.69) is 20.6 Å². The summed E-state index contributed by atoms with van der Waals surface area (Å²) in [5.74, 6) is -0.685. The molecule has 2 aromatic rings. The second-order valence-corrected chi connectivity index (χ2v) is 12.7. The zero-order valence-corrected chi connectivity index (χ0v) is 23.1. The zero-order chi connectivity index (χ0) is 28.2. The van der Waals surface area contributed by atoms with Gasteiger partial charge in [0.15, 0.2) is 5.01 Å². The van der Waals surface area contributed by atoms with E-state index in [0.29, 0.717) is 25.3 Å². The van der Waals surface area contributed by atoms with Gasteiger partial charge in [0.1, 0.15) is 11.5 Å². The van der Waals surface area contributed by atoms with Crippen LogP contribution >= 0.6 is 11.3 Å². The van der Waals surface area contributed by atoms with Crippen molar-refractivity contribution in [1.29, 1.82) is 0 Å². The van der Waals surface area contributed by atoms with E-state index in [1.165, 1.54) is 0 Å². The molecule has 1 atom stereocenters. The molecular weight excluding hydrogens is 531 g/mol. The molecule has 212 valence electrons. The number of rotatable bonds is 8. The van der Waals surface area contributed by atoms with Gasteiger partial charge in [-0.05, 0) is 77.7 Å². The summed E-state index contributed by atoms with van der Waals surface area (Å²) in [6.07, 6.45) is 1.94. The van der Waals surface area contributed by atoms with Crippen molar-refractivity contribution in [3.8, 4) is 10.4 Å². The molecule has 0 radical (unpaired) electrons. The number of pyridine rings is 1. The summed E-state index contributed by atoms with van der Waals surface area (Å²) in [4.78, 5) is 36.6. The Hall–Kier alpha value is -2.73. The summed E-state index contributed by atoms with van der Waals surface area (Å²) in [5.41, 5.74) is -2.82. The minimum absolute atomic E-state index is 0.0136. The highest BCUT2D eigenvalue weighted by Crippen LogP contribution is 2.44. The first kappa shape index (κ1) is 27.8. The molecule has 0 spiro atoms. The molecule has 3 fully saturated rings. The third-order valence-electron chi connectivity index (χ3n) is 8.20. The van der Waals surface area contributed by atoms with E-state index in [1.54, 1.807) is 4.90 Å². The predicted molar refractivity (Wildman–Crippen MR) is 142 cm³/mol. The quantitative estimate of drug-likeness (QED) is 0.412. The molecular formula is C27H34F3N5O3S. The largest absolute Gasteiger partial charge is 0.417 e. The summed E-state index contributed by atoms with van der Waals surface area (Å²) in [7, 11) is 0. The van der Waals surface area contributed by atoms with Gasteiger partial charge in [-0.15, -0.1) is 11.3 Å². The summed E-state index contributed by atoms with van der Waals surface area (Å²) < 4.78 is 43.2. The van der Waals surface area contributed by atoms with Crippen molar-refractivity contribution < 1.29 is 27.9 Å². The number of aliphatic hydroxyl groups is 1. The lowest BCUT2D eigenvalue weighted by atomic mass is 9.80. The van der Waals surface area contributed by atoms with Crippen LogP contribution in [-0.4, -0.2) is 62.1 Å². The molecule has 39 heavy (non-hydrogen) atoms. The van der Waals surface area contributed by atoms with Gasteiger partial charge in [-0.1, -0.05) is 0 Å². The molecule has 0 aromatic carbocycles. The highest BCUT2D eigenvalue weighted by Gasteiger charge is 2.41. The fourth-order valence-electron chi connectivity index (χ4n) is 5.37. The molecule has 5 rings (SSSR count). The number of alkyl halides is 3. The Morgan fingerprint density at radius 1 is 1.21 bits per heavy atom. The third-order valence-corrected chi connectivity index (χ3v) is 9.29. The van der Waals surface area contributed by atoms with Crippen molar-refractivity contribution >= 4 is 29.0 Å². The van der Waals surface area contributed by atoms with Gasteiger partial charge < -0.3 is 20.6 Å². The number of halogens is 3. The van der Waals surface area contributed by atoms with E-state index in [4.69, 9.17) is 0 Å². The van der Waals surface area contributed by atoms with Crippen molar-refractivity contribution in [2.75, 3.05) is 18.4 Å². The number of likely N-dealkylation sites (tertiary alicyclic amines) is 1. The average Bonchev–Trinajstić information content (AvgIpc) is 3.50. The fourth-order valence-corrected chi connectivity index (χ4v) is 6.37. The minimum Gasteiger partial charge on any atom is -0.388 e. The molecule has 1 aliphatic heterocycles. The SMILES string of the molecule is C[C@H]1CCCN1C(=O)c1nc(C(=O)NCC2(O)CCC2)sc1-c1cnc(NC(C)(C)C2CC2)cc1C(F)(F)F. The molecule has 0 unspecified atom stereocenters. The van der Waals surface area contributed by atoms with E-state index >= 15 is 0 Å². The Morgan fingerprint density at radius 3 is 2.49 bits per heavy atom. The Labute approximate surface area is 229 Å². The van der Waals surface area contributed by atoms with Crippen LogP contribution in [0.5, 0.6) is 0 Å². The highest BCUT2D eigenvalue weighted by atomic mass is 32.1. The summed E-state index contributed by atoms with van der Waals surface area (Å²) in [6.45, 7) is 6.24. The maximum atomic E-state index is 14.4. The number of thiazole rings is 1. The van der Waals surface area contributed by atoms with Crippen LogP contribution in [0, 0.1) is 5.92 Å². The summed E-state index contributed by atoms with van der Waals surface area (Å²) in [5, 5.41) is 16.0. The molecule has 3 N–H and O–H groups in total. The Bertz CT molecular complexity index is 1270.